The molecular formula is C12H13N3O3. The van der Waals surface area contributed by atoms with Crippen LogP contribution >= 0.6 is 0 Å². The van der Waals surface area contributed by atoms with E-state index in [1.807, 2.05) is 12.1 Å². The van der Waals surface area contributed by atoms with E-state index in [0.717, 1.165) is 31.7 Å². The van der Waals surface area contributed by atoms with E-state index in [0.29, 0.717) is 11.6 Å². The second-order valence-electron chi connectivity index (χ2n) is 4.38. The van der Waals surface area contributed by atoms with Crippen molar-refractivity contribution in [2.75, 3.05) is 13.2 Å². The molecule has 0 radical (unpaired) electrons. The molecule has 94 valence electrons. The number of aromatic nitrogens is 3. The van der Waals surface area contributed by atoms with Crippen molar-refractivity contribution in [1.82, 2.24) is 14.6 Å². The zero-order valence-electron chi connectivity index (χ0n) is 9.74. The molecular weight excluding hydrogens is 234 g/mol. The van der Waals surface area contributed by atoms with Gasteiger partial charge >= 0.3 is 5.97 Å². The first-order valence-corrected chi connectivity index (χ1v) is 5.91. The normalized spacial score (nSPS) is 17.1. The van der Waals surface area contributed by atoms with Crippen molar-refractivity contribution in [3.05, 3.63) is 29.7 Å². The molecule has 0 aliphatic carbocycles. The number of carboxylic acids is 1. The minimum Gasteiger partial charge on any atom is -0.476 e. The van der Waals surface area contributed by atoms with E-state index >= 15 is 0 Å². The summed E-state index contributed by atoms with van der Waals surface area (Å²) in [5.74, 6) is -0.646. The van der Waals surface area contributed by atoms with Crippen molar-refractivity contribution in [3.63, 3.8) is 0 Å². The highest BCUT2D eigenvalue weighted by molar-refractivity contribution is 5.85. The molecule has 1 aliphatic rings. The van der Waals surface area contributed by atoms with Gasteiger partial charge in [0.05, 0.1) is 11.9 Å². The zero-order chi connectivity index (χ0) is 12.5. The van der Waals surface area contributed by atoms with Crippen LogP contribution in [0.2, 0.25) is 0 Å². The number of imidazole rings is 1. The van der Waals surface area contributed by atoms with E-state index in [1.54, 1.807) is 0 Å². The average Bonchev–Trinajstić information content (AvgIpc) is 2.82. The first-order chi connectivity index (χ1) is 8.74. The third-order valence-corrected chi connectivity index (χ3v) is 3.20. The van der Waals surface area contributed by atoms with E-state index in [9.17, 15) is 4.79 Å². The Bertz CT molecular complexity index is 587. The Kier molecular flexibility index (Phi) is 2.71. The van der Waals surface area contributed by atoms with Gasteiger partial charge in [-0.1, -0.05) is 0 Å². The summed E-state index contributed by atoms with van der Waals surface area (Å²) in [6.45, 7) is 1.52. The maximum absolute atomic E-state index is 10.8. The molecule has 1 fully saturated rings. The summed E-state index contributed by atoms with van der Waals surface area (Å²) in [7, 11) is 0. The molecule has 0 saturated carbocycles. The minimum absolute atomic E-state index is 0.0200. The Labute approximate surface area is 103 Å². The van der Waals surface area contributed by atoms with Crippen LogP contribution in [0.3, 0.4) is 0 Å². The van der Waals surface area contributed by atoms with Gasteiger partial charge in [0.2, 0.25) is 0 Å². The molecule has 1 N–H and O–H groups in total. The van der Waals surface area contributed by atoms with Crippen molar-refractivity contribution < 1.29 is 14.6 Å². The highest BCUT2D eigenvalue weighted by Gasteiger charge is 2.18. The SMILES string of the molecule is O=C(O)c1cn2nc(C3CCOCC3)ccc2n1. The molecule has 1 saturated heterocycles. The van der Waals surface area contributed by atoms with Crippen LogP contribution in [0.15, 0.2) is 18.3 Å². The highest BCUT2D eigenvalue weighted by atomic mass is 16.5. The predicted octanol–water partition coefficient (Wildman–Crippen LogP) is 1.32. The molecule has 0 amide bonds. The standard InChI is InChI=1S/C12H13N3O3/c16-12(17)10-7-15-11(13-10)2-1-9(14-15)8-3-5-18-6-4-8/h1-2,7-8H,3-6H2,(H,16,17). The van der Waals surface area contributed by atoms with Crippen molar-refractivity contribution >= 4 is 11.6 Å². The van der Waals surface area contributed by atoms with Crippen molar-refractivity contribution in [2.45, 2.75) is 18.8 Å². The summed E-state index contributed by atoms with van der Waals surface area (Å²) in [5.41, 5.74) is 1.55. The predicted molar refractivity (Wildman–Crippen MR) is 62.7 cm³/mol. The van der Waals surface area contributed by atoms with Crippen LogP contribution < -0.4 is 0 Å². The van der Waals surface area contributed by atoms with Gasteiger partial charge in [-0.15, -0.1) is 0 Å². The molecule has 0 spiro atoms. The number of fused-ring (bicyclic) bond motifs is 1. The summed E-state index contributed by atoms with van der Waals surface area (Å²) in [6.07, 6.45) is 3.36. The van der Waals surface area contributed by atoms with Crippen LogP contribution in [0.4, 0.5) is 0 Å². The van der Waals surface area contributed by atoms with Crippen molar-refractivity contribution in [1.29, 1.82) is 0 Å². The van der Waals surface area contributed by atoms with Gasteiger partial charge in [0, 0.05) is 19.1 Å². The number of aromatic carboxylic acids is 1. The largest absolute Gasteiger partial charge is 0.476 e. The van der Waals surface area contributed by atoms with Crippen molar-refractivity contribution in [3.8, 4) is 0 Å². The summed E-state index contributed by atoms with van der Waals surface area (Å²) < 4.78 is 6.86. The average molecular weight is 247 g/mol. The number of carbonyl (C=O) groups is 1. The highest BCUT2D eigenvalue weighted by Crippen LogP contribution is 2.25. The summed E-state index contributed by atoms with van der Waals surface area (Å²) in [5, 5.41) is 13.3. The minimum atomic E-state index is -1.03. The van der Waals surface area contributed by atoms with Gasteiger partial charge in [-0.05, 0) is 25.0 Å². The second-order valence-corrected chi connectivity index (χ2v) is 4.38. The molecule has 18 heavy (non-hydrogen) atoms. The van der Waals surface area contributed by atoms with Crippen molar-refractivity contribution in [2.24, 2.45) is 0 Å². The van der Waals surface area contributed by atoms with Crippen LogP contribution in [0, 0.1) is 0 Å². The first kappa shape index (κ1) is 11.2. The van der Waals surface area contributed by atoms with Gasteiger partial charge in [-0.3, -0.25) is 0 Å². The van der Waals surface area contributed by atoms with Gasteiger partial charge in [0.1, 0.15) is 0 Å². The molecule has 6 heteroatoms. The summed E-state index contributed by atoms with van der Waals surface area (Å²) in [4.78, 5) is 14.8. The Morgan fingerprint density at radius 2 is 2.17 bits per heavy atom. The Morgan fingerprint density at radius 3 is 2.89 bits per heavy atom. The molecule has 3 rings (SSSR count). The third-order valence-electron chi connectivity index (χ3n) is 3.20. The van der Waals surface area contributed by atoms with Gasteiger partial charge in [0.25, 0.3) is 0 Å². The summed E-state index contributed by atoms with van der Waals surface area (Å²) in [6, 6.07) is 3.73. The molecule has 0 aromatic carbocycles. The first-order valence-electron chi connectivity index (χ1n) is 5.91. The number of nitrogens with zero attached hydrogens (tertiary/aromatic N) is 3. The third kappa shape index (κ3) is 1.95. The number of hydrogen-bond acceptors (Lipinski definition) is 4. The van der Waals surface area contributed by atoms with Gasteiger partial charge in [0.15, 0.2) is 11.3 Å². The number of rotatable bonds is 2. The molecule has 3 heterocycles. The summed E-state index contributed by atoms with van der Waals surface area (Å²) >= 11 is 0. The molecule has 0 unspecified atom stereocenters. The fraction of sp³-hybridized carbons (Fsp3) is 0.417. The van der Waals surface area contributed by atoms with E-state index in [2.05, 4.69) is 10.1 Å². The fourth-order valence-electron chi connectivity index (χ4n) is 2.21. The lowest BCUT2D eigenvalue weighted by atomic mass is 9.96. The van der Waals surface area contributed by atoms with Gasteiger partial charge in [-0.2, -0.15) is 5.10 Å². The van der Waals surface area contributed by atoms with E-state index in [1.165, 1.54) is 10.7 Å². The number of carboxylic acid groups (broad SMARTS) is 1. The maximum Gasteiger partial charge on any atom is 0.356 e. The zero-order valence-corrected chi connectivity index (χ0v) is 9.74. The monoisotopic (exact) mass is 247 g/mol. The maximum atomic E-state index is 10.8. The molecule has 1 aliphatic heterocycles. The molecule has 0 bridgehead atoms. The van der Waals surface area contributed by atoms with Crippen LogP contribution in [0.1, 0.15) is 34.9 Å². The molecule has 2 aromatic rings. The Morgan fingerprint density at radius 1 is 1.39 bits per heavy atom. The lowest BCUT2D eigenvalue weighted by Gasteiger charge is -2.21. The Hall–Kier alpha value is -1.95. The molecule has 6 nitrogen and oxygen atoms in total. The quantitative estimate of drug-likeness (QED) is 0.866. The van der Waals surface area contributed by atoms with Crippen LogP contribution in [-0.4, -0.2) is 38.9 Å². The van der Waals surface area contributed by atoms with Gasteiger partial charge in [-0.25, -0.2) is 14.3 Å². The van der Waals surface area contributed by atoms with E-state index in [-0.39, 0.29) is 5.69 Å². The number of hydrogen-bond donors (Lipinski definition) is 1. The lowest BCUT2D eigenvalue weighted by molar-refractivity contribution is 0.0691. The fourth-order valence-corrected chi connectivity index (χ4v) is 2.21. The van der Waals surface area contributed by atoms with Gasteiger partial charge < -0.3 is 9.84 Å². The lowest BCUT2D eigenvalue weighted by Crippen LogP contribution is -2.15. The van der Waals surface area contributed by atoms with Crippen LogP contribution in [0.25, 0.3) is 5.65 Å². The topological polar surface area (TPSA) is 76.7 Å². The Balaban J connectivity index is 1.96. The molecule has 2 aromatic heterocycles. The van der Waals surface area contributed by atoms with Crippen LogP contribution in [0.5, 0.6) is 0 Å². The number of ether oxygens (including phenoxy) is 1. The van der Waals surface area contributed by atoms with E-state index in [4.69, 9.17) is 9.84 Å². The second kappa shape index (κ2) is 4.38. The van der Waals surface area contributed by atoms with E-state index < -0.39 is 5.97 Å². The molecule has 0 atom stereocenters. The van der Waals surface area contributed by atoms with Crippen LogP contribution in [-0.2, 0) is 4.74 Å². The smallest absolute Gasteiger partial charge is 0.356 e.